The molecule has 0 spiro atoms. The van der Waals surface area contributed by atoms with Gasteiger partial charge in [-0.25, -0.2) is 13.1 Å². The van der Waals surface area contributed by atoms with Crippen molar-refractivity contribution in [2.75, 3.05) is 23.9 Å². The second-order valence-electron chi connectivity index (χ2n) is 5.03. The van der Waals surface area contributed by atoms with Crippen LogP contribution >= 0.6 is 0 Å². The van der Waals surface area contributed by atoms with Gasteiger partial charge in [0.1, 0.15) is 15.5 Å². The monoisotopic (exact) mass is 304 g/mol. The first-order chi connectivity index (χ1) is 9.13. The Balaban J connectivity index is 2.87. The molecule has 0 saturated carbocycles. The van der Waals surface area contributed by atoms with Gasteiger partial charge in [-0.15, -0.1) is 0 Å². The van der Waals surface area contributed by atoms with Crippen molar-refractivity contribution in [3.63, 3.8) is 0 Å². The average Bonchev–Trinajstić information content (AvgIpc) is 2.61. The molecule has 0 aromatic carbocycles. The molecule has 1 N–H and O–H groups in total. The van der Waals surface area contributed by atoms with Crippen LogP contribution in [0.2, 0.25) is 0 Å². The molecular weight excluding hydrogens is 284 g/mol. The van der Waals surface area contributed by atoms with Crippen LogP contribution in [0, 0.1) is 10.1 Å². The highest BCUT2D eigenvalue weighted by molar-refractivity contribution is 7.90. The minimum Gasteiger partial charge on any atom is -0.365 e. The van der Waals surface area contributed by atoms with E-state index in [0.29, 0.717) is 24.5 Å². The molecule has 0 atom stereocenters. The molecule has 1 heterocycles. The second-order valence-corrected chi connectivity index (χ2v) is 7.29. The minimum absolute atomic E-state index is 0.0399. The quantitative estimate of drug-likeness (QED) is 0.462. The van der Waals surface area contributed by atoms with Crippen LogP contribution in [0.3, 0.4) is 0 Å². The Bertz CT molecular complexity index is 592. The summed E-state index contributed by atoms with van der Waals surface area (Å²) in [5.41, 5.74) is 0.380. The first-order valence-corrected chi connectivity index (χ1v) is 8.32. The highest BCUT2D eigenvalue weighted by Crippen LogP contribution is 2.32. The fourth-order valence-electron chi connectivity index (χ4n) is 1.84. The number of hydrogen-bond acceptors (Lipinski definition) is 6. The summed E-state index contributed by atoms with van der Waals surface area (Å²) in [6.07, 6.45) is 1.55. The van der Waals surface area contributed by atoms with Gasteiger partial charge in [0.15, 0.2) is 0 Å². The van der Waals surface area contributed by atoms with Gasteiger partial charge in [-0.05, 0) is 6.42 Å². The molecule has 8 nitrogen and oxygen atoms in total. The number of aromatic nitrogens is 2. The maximum absolute atomic E-state index is 11.2. The third-order valence-corrected chi connectivity index (χ3v) is 3.79. The Morgan fingerprint density at radius 3 is 2.50 bits per heavy atom. The summed E-state index contributed by atoms with van der Waals surface area (Å²) in [6, 6.07) is 0. The summed E-state index contributed by atoms with van der Waals surface area (Å²) in [5.74, 6) is 0.295. The van der Waals surface area contributed by atoms with Gasteiger partial charge in [-0.2, -0.15) is 5.10 Å². The molecule has 0 aliphatic heterocycles. The van der Waals surface area contributed by atoms with Crippen molar-refractivity contribution < 1.29 is 13.3 Å². The third-order valence-electron chi connectivity index (χ3n) is 2.76. The summed E-state index contributed by atoms with van der Waals surface area (Å²) in [7, 11) is -1.40. The lowest BCUT2D eigenvalue weighted by Gasteiger charge is -2.05. The number of nitro groups is 1. The van der Waals surface area contributed by atoms with E-state index in [4.69, 9.17) is 0 Å². The molecule has 1 rings (SSSR count). The Hall–Kier alpha value is -1.64. The maximum atomic E-state index is 11.2. The number of nitrogens with zero attached hydrogens (tertiary/aromatic N) is 3. The number of hydrogen-bond donors (Lipinski definition) is 1. The molecule has 9 heteroatoms. The van der Waals surface area contributed by atoms with Gasteiger partial charge in [0, 0.05) is 25.8 Å². The molecule has 0 amide bonds. The summed E-state index contributed by atoms with van der Waals surface area (Å²) < 4.78 is 23.5. The van der Waals surface area contributed by atoms with Gasteiger partial charge < -0.3 is 5.32 Å². The fraction of sp³-hybridized carbons (Fsp3) is 0.727. The molecule has 114 valence electrons. The van der Waals surface area contributed by atoms with Crippen LogP contribution in [0.5, 0.6) is 0 Å². The lowest BCUT2D eigenvalue weighted by Crippen LogP contribution is -2.12. The molecule has 0 radical (unpaired) electrons. The Kier molecular flexibility index (Phi) is 5.09. The van der Waals surface area contributed by atoms with E-state index >= 15 is 0 Å². The lowest BCUT2D eigenvalue weighted by molar-refractivity contribution is -0.384. The van der Waals surface area contributed by atoms with E-state index in [9.17, 15) is 18.5 Å². The van der Waals surface area contributed by atoms with Crippen LogP contribution in [-0.4, -0.2) is 41.7 Å². The van der Waals surface area contributed by atoms with Gasteiger partial charge in [0.05, 0.1) is 10.7 Å². The summed E-state index contributed by atoms with van der Waals surface area (Å²) in [5, 5.41) is 18.2. The van der Waals surface area contributed by atoms with Crippen molar-refractivity contribution in [1.82, 2.24) is 9.78 Å². The Morgan fingerprint density at radius 1 is 1.45 bits per heavy atom. The van der Waals surface area contributed by atoms with E-state index in [1.165, 1.54) is 4.68 Å². The molecule has 0 fully saturated rings. The molecule has 20 heavy (non-hydrogen) atoms. The van der Waals surface area contributed by atoms with Gasteiger partial charge >= 0.3 is 5.69 Å². The van der Waals surface area contributed by atoms with Crippen molar-refractivity contribution >= 4 is 21.3 Å². The van der Waals surface area contributed by atoms with Crippen LogP contribution in [0.25, 0.3) is 0 Å². The van der Waals surface area contributed by atoms with E-state index in [1.54, 1.807) is 7.05 Å². The first-order valence-electron chi connectivity index (χ1n) is 6.26. The molecule has 0 aliphatic rings. The third kappa shape index (κ3) is 4.19. The van der Waals surface area contributed by atoms with Gasteiger partial charge in [0.25, 0.3) is 0 Å². The predicted octanol–water partition coefficient (Wildman–Crippen LogP) is 1.30. The zero-order valence-electron chi connectivity index (χ0n) is 12.1. The number of sulfone groups is 1. The molecule has 0 aliphatic carbocycles. The SMILES string of the molecule is CC(C)c1nn(C)c(NCCCS(C)(=O)=O)c1[N+](=O)[O-]. The van der Waals surface area contributed by atoms with Crippen LogP contribution in [-0.2, 0) is 16.9 Å². The maximum Gasteiger partial charge on any atom is 0.334 e. The molecule has 0 bridgehead atoms. The van der Waals surface area contributed by atoms with E-state index < -0.39 is 14.8 Å². The van der Waals surface area contributed by atoms with Crippen LogP contribution in [0.4, 0.5) is 11.5 Å². The zero-order valence-corrected chi connectivity index (χ0v) is 12.9. The highest BCUT2D eigenvalue weighted by atomic mass is 32.2. The standard InChI is InChI=1S/C11H20N4O4S/c1-8(2)9-10(15(16)17)11(14(3)13-9)12-6-5-7-20(4,18)19/h8,12H,5-7H2,1-4H3. The smallest absolute Gasteiger partial charge is 0.334 e. The largest absolute Gasteiger partial charge is 0.365 e. The fourth-order valence-corrected chi connectivity index (χ4v) is 2.51. The molecule has 1 aromatic rings. The number of anilines is 1. The Labute approximate surface area is 118 Å². The van der Waals surface area contributed by atoms with Crippen LogP contribution < -0.4 is 5.32 Å². The normalized spacial score (nSPS) is 11.8. The molecule has 0 saturated heterocycles. The number of aryl methyl sites for hydroxylation is 1. The van der Waals surface area contributed by atoms with Crippen LogP contribution in [0.1, 0.15) is 31.9 Å². The molecule has 0 unspecified atom stereocenters. The van der Waals surface area contributed by atoms with Gasteiger partial charge in [0.2, 0.25) is 5.82 Å². The topological polar surface area (TPSA) is 107 Å². The lowest BCUT2D eigenvalue weighted by atomic mass is 10.1. The van der Waals surface area contributed by atoms with Gasteiger partial charge in [-0.3, -0.25) is 10.1 Å². The zero-order chi connectivity index (χ0) is 15.5. The van der Waals surface area contributed by atoms with Crippen molar-refractivity contribution in [3.05, 3.63) is 15.8 Å². The summed E-state index contributed by atoms with van der Waals surface area (Å²) in [6.45, 7) is 4.01. The summed E-state index contributed by atoms with van der Waals surface area (Å²) in [4.78, 5) is 10.7. The van der Waals surface area contributed by atoms with Crippen LogP contribution in [0.15, 0.2) is 0 Å². The van der Waals surface area contributed by atoms with Crippen molar-refractivity contribution in [2.45, 2.75) is 26.2 Å². The highest BCUT2D eigenvalue weighted by Gasteiger charge is 2.28. The van der Waals surface area contributed by atoms with Crippen molar-refractivity contribution in [3.8, 4) is 0 Å². The Morgan fingerprint density at radius 2 is 2.05 bits per heavy atom. The second kappa shape index (κ2) is 6.21. The van der Waals surface area contributed by atoms with E-state index in [2.05, 4.69) is 10.4 Å². The molecule has 1 aromatic heterocycles. The predicted molar refractivity (Wildman–Crippen MR) is 76.8 cm³/mol. The first kappa shape index (κ1) is 16.4. The van der Waals surface area contributed by atoms with Gasteiger partial charge in [-0.1, -0.05) is 13.8 Å². The molecular formula is C11H20N4O4S. The van der Waals surface area contributed by atoms with Crippen molar-refractivity contribution in [1.29, 1.82) is 0 Å². The number of nitrogens with one attached hydrogen (secondary N) is 1. The van der Waals surface area contributed by atoms with E-state index in [-0.39, 0.29) is 17.4 Å². The number of rotatable bonds is 7. The van der Waals surface area contributed by atoms with E-state index in [0.717, 1.165) is 6.26 Å². The van der Waals surface area contributed by atoms with E-state index in [1.807, 2.05) is 13.8 Å². The minimum atomic E-state index is -3.02. The van der Waals surface area contributed by atoms with Crippen molar-refractivity contribution in [2.24, 2.45) is 7.05 Å². The average molecular weight is 304 g/mol. The summed E-state index contributed by atoms with van der Waals surface area (Å²) >= 11 is 0.